The Hall–Kier alpha value is -2.14. The second kappa shape index (κ2) is 6.93. The summed E-state index contributed by atoms with van der Waals surface area (Å²) in [5.74, 6) is -12.9. The van der Waals surface area contributed by atoms with Gasteiger partial charge in [-0.1, -0.05) is 0 Å². The normalized spacial score (nSPS) is 36.7. The van der Waals surface area contributed by atoms with E-state index in [-0.39, 0.29) is 12.8 Å². The second-order valence-electron chi connectivity index (χ2n) is 8.79. The molecule has 31 heavy (non-hydrogen) atoms. The van der Waals surface area contributed by atoms with Gasteiger partial charge in [0.25, 0.3) is 0 Å². The molecule has 0 bridgehead atoms. The van der Waals surface area contributed by atoms with Crippen molar-refractivity contribution >= 4 is 23.9 Å². The minimum absolute atomic E-state index is 0.326. The van der Waals surface area contributed by atoms with Gasteiger partial charge in [-0.15, -0.1) is 0 Å². The van der Waals surface area contributed by atoms with Gasteiger partial charge >= 0.3 is 36.2 Å². The smallest absolute Gasteiger partial charge is 0.393 e. The van der Waals surface area contributed by atoms with Crippen LogP contribution in [0.15, 0.2) is 0 Å². The van der Waals surface area contributed by atoms with Crippen LogP contribution in [0, 0.1) is 40.9 Å². The molecule has 0 aromatic heterocycles. The standard InChI is InChI=1S/C19H18F6O6/c20-18(21,22)17(19(23,24)25,7-1-3-9-11(5-7)15(28)30-13(9)26)8-2-4-10-12(6-8)16(29)31-14(10)27/h7-12H,1-6H2. The SMILES string of the molecule is O=C1OC(=O)C2CC(C(C3CCC4C(=O)OC(=O)C4C3)(C(F)(F)F)C(F)(F)F)CCC12. The van der Waals surface area contributed by atoms with Crippen molar-refractivity contribution in [2.75, 3.05) is 0 Å². The lowest BCUT2D eigenvalue weighted by atomic mass is 9.54. The average Bonchev–Trinajstić information content (AvgIpc) is 3.09. The van der Waals surface area contributed by atoms with E-state index in [1.165, 1.54) is 0 Å². The molecule has 0 aromatic carbocycles. The van der Waals surface area contributed by atoms with Crippen molar-refractivity contribution in [2.24, 2.45) is 40.9 Å². The van der Waals surface area contributed by atoms with Crippen LogP contribution in [0.2, 0.25) is 0 Å². The first kappa shape index (κ1) is 22.1. The minimum Gasteiger partial charge on any atom is -0.393 e. The number of rotatable bonds is 2. The van der Waals surface area contributed by atoms with E-state index >= 15 is 0 Å². The molecule has 6 nitrogen and oxygen atoms in total. The number of alkyl halides is 6. The highest BCUT2D eigenvalue weighted by Gasteiger charge is 2.78. The molecule has 2 aliphatic heterocycles. The molecule has 4 aliphatic rings. The molecule has 172 valence electrons. The first-order valence-corrected chi connectivity index (χ1v) is 9.93. The van der Waals surface area contributed by atoms with Gasteiger partial charge in [0.15, 0.2) is 5.41 Å². The molecular weight excluding hydrogens is 438 g/mol. The lowest BCUT2D eigenvalue weighted by Gasteiger charge is -2.51. The fourth-order valence-corrected chi connectivity index (χ4v) is 6.17. The zero-order chi connectivity index (χ0) is 22.9. The van der Waals surface area contributed by atoms with Gasteiger partial charge in [0.1, 0.15) is 0 Å². The summed E-state index contributed by atoms with van der Waals surface area (Å²) in [7, 11) is 0. The van der Waals surface area contributed by atoms with Crippen LogP contribution in [0.25, 0.3) is 0 Å². The molecule has 2 saturated carbocycles. The van der Waals surface area contributed by atoms with Crippen LogP contribution in [0.4, 0.5) is 26.3 Å². The summed E-state index contributed by atoms with van der Waals surface area (Å²) < 4.78 is 95.2. The predicted octanol–water partition coefficient (Wildman–Crippen LogP) is 3.33. The molecule has 0 amide bonds. The average molecular weight is 456 g/mol. The molecule has 4 rings (SSSR count). The van der Waals surface area contributed by atoms with E-state index in [9.17, 15) is 45.5 Å². The van der Waals surface area contributed by atoms with Crippen LogP contribution >= 0.6 is 0 Å². The highest BCUT2D eigenvalue weighted by Crippen LogP contribution is 2.66. The Morgan fingerprint density at radius 3 is 1.19 bits per heavy atom. The highest BCUT2D eigenvalue weighted by atomic mass is 19.4. The Balaban J connectivity index is 1.75. The fraction of sp³-hybridized carbons (Fsp3) is 0.789. The summed E-state index contributed by atoms with van der Waals surface area (Å²) in [5, 5.41) is 0. The van der Waals surface area contributed by atoms with E-state index in [4.69, 9.17) is 0 Å². The van der Waals surface area contributed by atoms with E-state index in [2.05, 4.69) is 9.47 Å². The van der Waals surface area contributed by atoms with Gasteiger partial charge in [-0.2, -0.15) is 26.3 Å². The molecule has 6 unspecified atom stereocenters. The zero-order valence-electron chi connectivity index (χ0n) is 15.9. The van der Waals surface area contributed by atoms with E-state index in [0.717, 1.165) is 0 Å². The first-order valence-electron chi connectivity index (χ1n) is 9.93. The van der Waals surface area contributed by atoms with E-state index in [1.807, 2.05) is 0 Å². The Morgan fingerprint density at radius 2 is 0.871 bits per heavy atom. The zero-order valence-corrected chi connectivity index (χ0v) is 15.9. The van der Waals surface area contributed by atoms with Crippen molar-refractivity contribution in [3.63, 3.8) is 0 Å². The fourth-order valence-electron chi connectivity index (χ4n) is 6.17. The van der Waals surface area contributed by atoms with Crippen LogP contribution in [0.1, 0.15) is 38.5 Å². The van der Waals surface area contributed by atoms with Crippen LogP contribution in [-0.2, 0) is 28.7 Å². The van der Waals surface area contributed by atoms with Crippen LogP contribution in [0.5, 0.6) is 0 Å². The topological polar surface area (TPSA) is 86.7 Å². The quantitative estimate of drug-likeness (QED) is 0.360. The summed E-state index contributed by atoms with van der Waals surface area (Å²) >= 11 is 0. The highest BCUT2D eigenvalue weighted by molar-refractivity contribution is 5.97. The second-order valence-corrected chi connectivity index (χ2v) is 8.79. The maximum absolute atomic E-state index is 14.4. The number of cyclic esters (lactones) is 4. The Labute approximate surface area is 171 Å². The third-order valence-corrected chi connectivity index (χ3v) is 7.54. The van der Waals surface area contributed by atoms with E-state index in [1.54, 1.807) is 0 Å². The molecule has 4 fully saturated rings. The molecule has 2 heterocycles. The maximum atomic E-state index is 14.4. The summed E-state index contributed by atoms with van der Waals surface area (Å²) in [4.78, 5) is 47.2. The van der Waals surface area contributed by atoms with Gasteiger partial charge in [0, 0.05) is 0 Å². The number of esters is 4. The minimum atomic E-state index is -5.74. The molecular formula is C19H18F6O6. The third-order valence-electron chi connectivity index (χ3n) is 7.54. The van der Waals surface area contributed by atoms with Crippen molar-refractivity contribution in [3.05, 3.63) is 0 Å². The first-order chi connectivity index (χ1) is 14.3. The third kappa shape index (κ3) is 3.07. The van der Waals surface area contributed by atoms with Gasteiger partial charge < -0.3 is 9.47 Å². The number of carbonyl (C=O) groups is 4. The van der Waals surface area contributed by atoms with E-state index in [0.29, 0.717) is 0 Å². The van der Waals surface area contributed by atoms with Crippen LogP contribution in [0.3, 0.4) is 0 Å². The molecule has 2 saturated heterocycles. The molecule has 12 heteroatoms. The van der Waals surface area contributed by atoms with Crippen molar-refractivity contribution in [2.45, 2.75) is 50.9 Å². The van der Waals surface area contributed by atoms with E-state index < -0.39 is 103 Å². The number of halogens is 6. The molecule has 0 radical (unpaired) electrons. The largest absolute Gasteiger partial charge is 0.403 e. The summed E-state index contributed by atoms with van der Waals surface area (Å²) in [6.07, 6.45) is -14.9. The van der Waals surface area contributed by atoms with Crippen molar-refractivity contribution in [1.82, 2.24) is 0 Å². The van der Waals surface area contributed by atoms with Gasteiger partial charge in [-0.05, 0) is 50.4 Å². The molecule has 0 N–H and O–H groups in total. The van der Waals surface area contributed by atoms with Crippen LogP contribution < -0.4 is 0 Å². The number of hydrogen-bond acceptors (Lipinski definition) is 6. The number of ether oxygens (including phenoxy) is 2. The number of hydrogen-bond donors (Lipinski definition) is 0. The van der Waals surface area contributed by atoms with Crippen molar-refractivity contribution in [3.8, 4) is 0 Å². The predicted molar refractivity (Wildman–Crippen MR) is 85.4 cm³/mol. The van der Waals surface area contributed by atoms with Gasteiger partial charge in [0.05, 0.1) is 23.7 Å². The van der Waals surface area contributed by atoms with Gasteiger partial charge in [-0.25, -0.2) is 0 Å². The Morgan fingerprint density at radius 1 is 0.548 bits per heavy atom. The van der Waals surface area contributed by atoms with Gasteiger partial charge in [0.2, 0.25) is 0 Å². The lowest BCUT2D eigenvalue weighted by molar-refractivity contribution is -0.383. The number of fused-ring (bicyclic) bond motifs is 2. The van der Waals surface area contributed by atoms with Gasteiger partial charge in [-0.3, -0.25) is 19.2 Å². The summed E-state index contributed by atoms with van der Waals surface area (Å²) in [5.41, 5.74) is -4.19. The molecule has 6 atom stereocenters. The van der Waals surface area contributed by atoms with Crippen LogP contribution in [-0.4, -0.2) is 36.2 Å². The van der Waals surface area contributed by atoms with Crippen molar-refractivity contribution in [1.29, 1.82) is 0 Å². The molecule has 0 aromatic rings. The maximum Gasteiger partial charge on any atom is 0.403 e. The molecule has 0 spiro atoms. The number of carbonyl (C=O) groups excluding carboxylic acids is 4. The molecule has 2 aliphatic carbocycles. The Bertz CT molecular complexity index is 765. The monoisotopic (exact) mass is 456 g/mol. The Kier molecular flexibility index (Phi) is 4.93. The lowest BCUT2D eigenvalue weighted by Crippen LogP contribution is -2.61. The summed E-state index contributed by atoms with van der Waals surface area (Å²) in [6.45, 7) is 0. The summed E-state index contributed by atoms with van der Waals surface area (Å²) in [6, 6.07) is 0. The van der Waals surface area contributed by atoms with Crippen molar-refractivity contribution < 1.29 is 55.0 Å².